The van der Waals surface area contributed by atoms with E-state index in [0.717, 1.165) is 0 Å². The highest BCUT2D eigenvalue weighted by molar-refractivity contribution is 6.18. The second-order valence-electron chi connectivity index (χ2n) is 5.96. The molecule has 0 unspecified atom stereocenters. The predicted molar refractivity (Wildman–Crippen MR) is 100 cm³/mol. The van der Waals surface area contributed by atoms with Crippen LogP contribution in [0.15, 0.2) is 18.2 Å². The van der Waals surface area contributed by atoms with Crippen LogP contribution in [0.2, 0.25) is 0 Å². The minimum atomic E-state index is -1.25. The summed E-state index contributed by atoms with van der Waals surface area (Å²) in [5, 5.41) is 20.2. The van der Waals surface area contributed by atoms with Gasteiger partial charge in [-0.15, -0.1) is 23.2 Å². The summed E-state index contributed by atoms with van der Waals surface area (Å²) in [7, 11) is 0. The third-order valence-corrected chi connectivity index (χ3v) is 4.39. The molecule has 0 aliphatic rings. The number of hydrogen-bond donors (Lipinski definition) is 3. The van der Waals surface area contributed by atoms with Crippen molar-refractivity contribution < 1.29 is 24.4 Å². The summed E-state index contributed by atoms with van der Waals surface area (Å²) in [5.74, 6) is -0.874. The minimum Gasteiger partial charge on any atom is -0.481 e. The van der Waals surface area contributed by atoms with Crippen molar-refractivity contribution >= 4 is 41.0 Å². The van der Waals surface area contributed by atoms with Gasteiger partial charge in [0.15, 0.2) is 0 Å². The van der Waals surface area contributed by atoms with Gasteiger partial charge in [-0.1, -0.05) is 0 Å². The van der Waals surface area contributed by atoms with Gasteiger partial charge in [0.2, 0.25) is 0 Å². The van der Waals surface area contributed by atoms with E-state index in [1.165, 1.54) is 18.2 Å². The highest BCUT2D eigenvalue weighted by Crippen LogP contribution is 2.37. The first-order valence-corrected chi connectivity index (χ1v) is 9.07. The average molecular weight is 422 g/mol. The first-order chi connectivity index (χ1) is 12.6. The number of hydrogen-bond acceptors (Lipinski definition) is 6. The van der Waals surface area contributed by atoms with Crippen LogP contribution in [0.25, 0.3) is 0 Å². The first-order valence-electron chi connectivity index (χ1n) is 8.00. The molecular formula is C16H21Cl2N3O6. The summed E-state index contributed by atoms with van der Waals surface area (Å²) >= 11 is 11.7. The zero-order chi connectivity index (χ0) is 20.6. The van der Waals surface area contributed by atoms with E-state index in [0.29, 0.717) is 5.56 Å². The molecular weight excluding hydrogens is 401 g/mol. The molecule has 0 aliphatic carbocycles. The van der Waals surface area contributed by atoms with Gasteiger partial charge >= 0.3 is 12.1 Å². The molecule has 1 rings (SSSR count). The van der Waals surface area contributed by atoms with Gasteiger partial charge in [-0.25, -0.2) is 4.79 Å². The molecule has 0 heterocycles. The summed E-state index contributed by atoms with van der Waals surface area (Å²) < 4.78 is 5.30. The lowest BCUT2D eigenvalue weighted by atomic mass is 9.86. The van der Waals surface area contributed by atoms with E-state index in [9.17, 15) is 19.7 Å². The summed E-state index contributed by atoms with van der Waals surface area (Å²) in [6, 6.07) is 3.32. The lowest BCUT2D eigenvalue weighted by molar-refractivity contribution is -0.385. The van der Waals surface area contributed by atoms with Crippen LogP contribution in [0, 0.1) is 10.1 Å². The molecule has 0 spiro atoms. The lowest BCUT2D eigenvalue weighted by Gasteiger charge is -2.32. The molecule has 0 radical (unpaired) electrons. The Morgan fingerprint density at radius 3 is 2.33 bits per heavy atom. The number of ether oxygens (including phenoxy) is 1. The fraction of sp³-hybridized carbons (Fsp3) is 0.500. The molecule has 5 N–H and O–H groups in total. The van der Waals surface area contributed by atoms with Crippen molar-refractivity contribution in [3.63, 3.8) is 0 Å². The van der Waals surface area contributed by atoms with Gasteiger partial charge in [0, 0.05) is 42.3 Å². The molecule has 1 amide bonds. The van der Waals surface area contributed by atoms with Gasteiger partial charge in [0.1, 0.15) is 5.60 Å². The predicted octanol–water partition coefficient (Wildman–Crippen LogP) is 2.49. The number of primary amides is 1. The molecule has 0 bridgehead atoms. The molecule has 9 nitrogen and oxygen atoms in total. The number of carboxylic acid groups (broad SMARTS) is 1. The van der Waals surface area contributed by atoms with Crippen LogP contribution in [-0.4, -0.2) is 39.9 Å². The van der Waals surface area contributed by atoms with Gasteiger partial charge in [0.25, 0.3) is 5.69 Å². The van der Waals surface area contributed by atoms with E-state index in [1.54, 1.807) is 0 Å². The van der Waals surface area contributed by atoms with Gasteiger partial charge in [0.05, 0.1) is 11.3 Å². The maximum absolute atomic E-state index is 11.4. The summed E-state index contributed by atoms with van der Waals surface area (Å²) in [4.78, 5) is 33.0. The van der Waals surface area contributed by atoms with Crippen molar-refractivity contribution in [1.82, 2.24) is 0 Å². The van der Waals surface area contributed by atoms with Gasteiger partial charge in [-0.05, 0) is 24.1 Å². The van der Waals surface area contributed by atoms with Crippen LogP contribution in [-0.2, 0) is 21.6 Å². The molecule has 0 saturated carbocycles. The molecule has 11 heteroatoms. The molecule has 27 heavy (non-hydrogen) atoms. The second kappa shape index (κ2) is 10.3. The number of rotatable bonds is 11. The van der Waals surface area contributed by atoms with Crippen molar-refractivity contribution in [1.29, 1.82) is 0 Å². The van der Waals surface area contributed by atoms with E-state index in [2.05, 4.69) is 0 Å². The van der Waals surface area contributed by atoms with E-state index in [4.69, 9.17) is 44.5 Å². The standard InChI is InChI=1S/C16H21Cl2N3O6/c17-5-3-16(4-6-18,27-15(20)24)11-1-2-13(21(25)26)10(7-11)8-12(19)9-14(22)23/h1-2,7,12H,3-6,8-9,19H2,(H2,20,24)(H,22,23)/t12-/m1/s1. The number of nitrogens with two attached hydrogens (primary N) is 2. The Labute approximate surface area is 165 Å². The third kappa shape index (κ3) is 6.53. The number of carbonyl (C=O) groups excluding carboxylic acids is 1. The van der Waals surface area contributed by atoms with Crippen molar-refractivity contribution in [2.24, 2.45) is 11.5 Å². The maximum atomic E-state index is 11.4. The van der Waals surface area contributed by atoms with Crippen LogP contribution in [0.3, 0.4) is 0 Å². The quantitative estimate of drug-likeness (QED) is 0.281. The van der Waals surface area contributed by atoms with Crippen molar-refractivity contribution in [2.75, 3.05) is 11.8 Å². The maximum Gasteiger partial charge on any atom is 0.405 e. The fourth-order valence-electron chi connectivity index (χ4n) is 2.86. The number of benzene rings is 1. The number of aliphatic carboxylic acids is 1. The Kier molecular flexibility index (Phi) is 8.74. The lowest BCUT2D eigenvalue weighted by Crippen LogP contribution is -2.36. The summed E-state index contributed by atoms with van der Waals surface area (Å²) in [6.07, 6.45) is -1.07. The number of nitro benzene ring substituents is 1. The van der Waals surface area contributed by atoms with E-state index in [-0.39, 0.29) is 48.7 Å². The van der Waals surface area contributed by atoms with Gasteiger partial charge < -0.3 is 21.3 Å². The van der Waals surface area contributed by atoms with Crippen LogP contribution in [0.5, 0.6) is 0 Å². The molecule has 150 valence electrons. The number of nitrogens with zero attached hydrogens (tertiary/aromatic N) is 1. The Hall–Kier alpha value is -2.10. The Balaban J connectivity index is 3.42. The second-order valence-corrected chi connectivity index (χ2v) is 6.71. The first kappa shape index (κ1) is 22.9. The van der Waals surface area contributed by atoms with Crippen LogP contribution in [0.4, 0.5) is 10.5 Å². The number of carbonyl (C=O) groups is 2. The topological polar surface area (TPSA) is 159 Å². The molecule has 1 atom stereocenters. The molecule has 0 aromatic heterocycles. The summed E-state index contributed by atoms with van der Waals surface area (Å²) in [5.41, 5.74) is 10.1. The number of nitro groups is 1. The Morgan fingerprint density at radius 2 is 1.89 bits per heavy atom. The van der Waals surface area contributed by atoms with Gasteiger partial charge in [-0.3, -0.25) is 14.9 Å². The Bertz CT molecular complexity index is 695. The van der Waals surface area contributed by atoms with E-state index in [1.807, 2.05) is 0 Å². The van der Waals surface area contributed by atoms with Crippen molar-refractivity contribution in [3.05, 3.63) is 39.4 Å². The molecule has 0 aliphatic heterocycles. The number of halogens is 2. The zero-order valence-corrected chi connectivity index (χ0v) is 15.9. The van der Waals surface area contributed by atoms with E-state index < -0.39 is 28.6 Å². The van der Waals surface area contributed by atoms with Crippen molar-refractivity contribution in [2.45, 2.75) is 37.3 Å². The Morgan fingerprint density at radius 1 is 1.30 bits per heavy atom. The van der Waals surface area contributed by atoms with Crippen LogP contribution >= 0.6 is 23.2 Å². The summed E-state index contributed by atoms with van der Waals surface area (Å²) in [6.45, 7) is 0. The van der Waals surface area contributed by atoms with Gasteiger partial charge in [-0.2, -0.15) is 0 Å². The smallest absolute Gasteiger partial charge is 0.405 e. The molecule has 1 aromatic carbocycles. The minimum absolute atomic E-state index is 0.0507. The van der Waals surface area contributed by atoms with Crippen molar-refractivity contribution in [3.8, 4) is 0 Å². The highest BCUT2D eigenvalue weighted by Gasteiger charge is 2.36. The monoisotopic (exact) mass is 421 g/mol. The molecule has 0 saturated heterocycles. The normalized spacial score (nSPS) is 12.4. The largest absolute Gasteiger partial charge is 0.481 e. The number of carboxylic acids is 1. The number of alkyl halides is 2. The average Bonchev–Trinajstić information content (AvgIpc) is 2.53. The third-order valence-electron chi connectivity index (χ3n) is 4.01. The highest BCUT2D eigenvalue weighted by atomic mass is 35.5. The zero-order valence-electron chi connectivity index (χ0n) is 14.4. The SMILES string of the molecule is NC(=O)OC(CCCl)(CCCl)c1ccc([N+](=O)[O-])c(C[C@@H](N)CC(=O)O)c1. The van der Waals surface area contributed by atoms with Crippen LogP contribution < -0.4 is 11.5 Å². The van der Waals surface area contributed by atoms with E-state index >= 15 is 0 Å². The molecule has 1 aromatic rings. The van der Waals surface area contributed by atoms with Crippen LogP contribution in [0.1, 0.15) is 30.4 Å². The molecule has 0 fully saturated rings. The fourth-order valence-corrected chi connectivity index (χ4v) is 3.47. The number of amides is 1.